The fourth-order valence-electron chi connectivity index (χ4n) is 1.74. The Morgan fingerprint density at radius 3 is 2.90 bits per heavy atom. The molecular formula is C15H16N2O3. The molecule has 0 aliphatic rings. The Bertz CT molecular complexity index is 644. The van der Waals surface area contributed by atoms with Gasteiger partial charge in [-0.1, -0.05) is 12.1 Å². The van der Waals surface area contributed by atoms with E-state index in [0.717, 1.165) is 12.1 Å². The van der Waals surface area contributed by atoms with Gasteiger partial charge in [-0.15, -0.1) is 0 Å². The number of benzene rings is 1. The fraction of sp³-hybridized carbons (Fsp3) is 0.200. The van der Waals surface area contributed by atoms with E-state index in [2.05, 4.69) is 5.10 Å². The first kappa shape index (κ1) is 13.9. The Kier molecular flexibility index (Phi) is 4.20. The van der Waals surface area contributed by atoms with Crippen molar-refractivity contribution in [2.24, 2.45) is 0 Å². The van der Waals surface area contributed by atoms with Crippen molar-refractivity contribution >= 4 is 11.9 Å². The molecule has 20 heavy (non-hydrogen) atoms. The third-order valence-electron chi connectivity index (χ3n) is 2.87. The third kappa shape index (κ3) is 3.06. The van der Waals surface area contributed by atoms with E-state index in [-0.39, 0.29) is 11.5 Å². The number of aromatic nitrogens is 2. The lowest BCUT2D eigenvalue weighted by Gasteiger charge is -2.03. The van der Waals surface area contributed by atoms with Gasteiger partial charge in [0, 0.05) is 12.7 Å². The minimum absolute atomic E-state index is 0.0425. The van der Waals surface area contributed by atoms with E-state index >= 15 is 0 Å². The van der Waals surface area contributed by atoms with Crippen molar-refractivity contribution in [1.29, 1.82) is 0 Å². The number of carbonyl (C=O) groups excluding carboxylic acids is 1. The van der Waals surface area contributed by atoms with Crippen LogP contribution >= 0.6 is 0 Å². The lowest BCUT2D eigenvalue weighted by molar-refractivity contribution is 0.104. The average molecular weight is 272 g/mol. The molecule has 1 aromatic carbocycles. The van der Waals surface area contributed by atoms with Gasteiger partial charge >= 0.3 is 0 Å². The molecule has 0 saturated carbocycles. The second kappa shape index (κ2) is 6.06. The van der Waals surface area contributed by atoms with Crippen molar-refractivity contribution in [3.8, 4) is 11.5 Å². The van der Waals surface area contributed by atoms with Gasteiger partial charge < -0.3 is 9.84 Å². The predicted molar refractivity (Wildman–Crippen MR) is 75.9 cm³/mol. The summed E-state index contributed by atoms with van der Waals surface area (Å²) in [5.74, 6) is 0.318. The number of hydrogen-bond donors (Lipinski definition) is 1. The van der Waals surface area contributed by atoms with Crippen LogP contribution in [0.15, 0.2) is 36.7 Å². The van der Waals surface area contributed by atoms with Gasteiger partial charge in [-0.3, -0.25) is 9.48 Å². The number of aryl methyl sites for hydroxylation is 1. The van der Waals surface area contributed by atoms with Crippen LogP contribution in [0.25, 0.3) is 6.08 Å². The molecule has 0 fully saturated rings. The largest absolute Gasteiger partial charge is 0.504 e. The zero-order valence-corrected chi connectivity index (χ0v) is 11.4. The fourth-order valence-corrected chi connectivity index (χ4v) is 1.74. The van der Waals surface area contributed by atoms with Gasteiger partial charge in [0.05, 0.1) is 18.9 Å². The maximum atomic E-state index is 11.9. The number of aromatic hydroxyl groups is 1. The summed E-state index contributed by atoms with van der Waals surface area (Å²) in [6.45, 7) is 2.68. The highest BCUT2D eigenvalue weighted by molar-refractivity contribution is 6.06. The quantitative estimate of drug-likeness (QED) is 0.671. The Labute approximate surface area is 117 Å². The number of nitrogens with zero attached hydrogens (tertiary/aromatic N) is 2. The topological polar surface area (TPSA) is 64.3 Å². The number of phenolic OH excluding ortho intramolecular Hbond substituents is 1. The van der Waals surface area contributed by atoms with Gasteiger partial charge in [0.1, 0.15) is 0 Å². The summed E-state index contributed by atoms with van der Waals surface area (Å²) in [6.07, 6.45) is 6.35. The third-order valence-corrected chi connectivity index (χ3v) is 2.87. The second-order valence-electron chi connectivity index (χ2n) is 4.21. The number of carbonyl (C=O) groups is 1. The Morgan fingerprint density at radius 1 is 1.50 bits per heavy atom. The van der Waals surface area contributed by atoms with Crippen LogP contribution in [0.1, 0.15) is 22.8 Å². The smallest absolute Gasteiger partial charge is 0.189 e. The molecule has 0 spiro atoms. The molecule has 5 nitrogen and oxygen atoms in total. The van der Waals surface area contributed by atoms with E-state index in [1.165, 1.54) is 19.3 Å². The van der Waals surface area contributed by atoms with Gasteiger partial charge in [0.2, 0.25) is 0 Å². The van der Waals surface area contributed by atoms with Crippen molar-refractivity contribution in [3.05, 3.63) is 47.8 Å². The van der Waals surface area contributed by atoms with Crippen LogP contribution in [-0.4, -0.2) is 27.8 Å². The van der Waals surface area contributed by atoms with Crippen LogP contribution in [-0.2, 0) is 6.54 Å². The summed E-state index contributed by atoms with van der Waals surface area (Å²) in [5, 5.41) is 13.7. The van der Waals surface area contributed by atoms with Crippen molar-refractivity contribution in [1.82, 2.24) is 9.78 Å². The van der Waals surface area contributed by atoms with Crippen molar-refractivity contribution in [2.45, 2.75) is 13.5 Å². The first-order valence-electron chi connectivity index (χ1n) is 6.26. The SMILES string of the molecule is CCn1cc(C(=O)/C=C\c2ccc(OC)c(O)c2)cn1. The molecule has 0 saturated heterocycles. The molecule has 0 aliphatic heterocycles. The highest BCUT2D eigenvalue weighted by atomic mass is 16.5. The standard InChI is InChI=1S/C15H16N2O3/c1-3-17-10-12(9-16-17)13(18)6-4-11-5-7-15(20-2)14(19)8-11/h4-10,19H,3H2,1-2H3/b6-4-. The molecule has 0 atom stereocenters. The molecule has 0 radical (unpaired) electrons. The number of hydrogen-bond acceptors (Lipinski definition) is 4. The normalized spacial score (nSPS) is 10.9. The molecule has 0 bridgehead atoms. The minimum Gasteiger partial charge on any atom is -0.504 e. The zero-order valence-electron chi connectivity index (χ0n) is 11.4. The molecule has 2 aromatic rings. The van der Waals surface area contributed by atoms with Gasteiger partial charge in [-0.25, -0.2) is 0 Å². The Balaban J connectivity index is 2.12. The van der Waals surface area contributed by atoms with Gasteiger partial charge in [0.15, 0.2) is 17.3 Å². The molecule has 0 aliphatic carbocycles. The lowest BCUT2D eigenvalue weighted by Crippen LogP contribution is -1.94. The van der Waals surface area contributed by atoms with Crippen LogP contribution in [0, 0.1) is 0 Å². The van der Waals surface area contributed by atoms with Gasteiger partial charge in [-0.05, 0) is 30.7 Å². The summed E-state index contributed by atoms with van der Waals surface area (Å²) in [4.78, 5) is 11.9. The Hall–Kier alpha value is -2.56. The number of methoxy groups -OCH3 is 1. The van der Waals surface area contributed by atoms with E-state index in [4.69, 9.17) is 4.74 Å². The molecular weight excluding hydrogens is 256 g/mol. The van der Waals surface area contributed by atoms with E-state index in [1.54, 1.807) is 35.3 Å². The highest BCUT2D eigenvalue weighted by Gasteiger charge is 2.05. The van der Waals surface area contributed by atoms with Crippen LogP contribution in [0.3, 0.4) is 0 Å². The molecule has 0 amide bonds. The molecule has 1 aromatic heterocycles. The number of phenols is 1. The summed E-state index contributed by atoms with van der Waals surface area (Å²) in [6, 6.07) is 4.95. The predicted octanol–water partition coefficient (Wildman–Crippen LogP) is 2.51. The molecule has 1 heterocycles. The van der Waals surface area contributed by atoms with Crippen molar-refractivity contribution in [3.63, 3.8) is 0 Å². The monoisotopic (exact) mass is 272 g/mol. The molecule has 5 heteroatoms. The summed E-state index contributed by atoms with van der Waals surface area (Å²) < 4.78 is 6.65. The molecule has 104 valence electrons. The maximum absolute atomic E-state index is 11.9. The van der Waals surface area contributed by atoms with E-state index in [1.807, 2.05) is 6.92 Å². The van der Waals surface area contributed by atoms with E-state index < -0.39 is 0 Å². The van der Waals surface area contributed by atoms with Gasteiger partial charge in [-0.2, -0.15) is 5.10 Å². The summed E-state index contributed by atoms with van der Waals surface area (Å²) in [7, 11) is 1.49. The highest BCUT2D eigenvalue weighted by Crippen LogP contribution is 2.26. The lowest BCUT2D eigenvalue weighted by atomic mass is 10.1. The average Bonchev–Trinajstić information content (AvgIpc) is 2.94. The van der Waals surface area contributed by atoms with Crippen LogP contribution in [0.4, 0.5) is 0 Å². The maximum Gasteiger partial charge on any atom is 0.189 e. The van der Waals surface area contributed by atoms with E-state index in [0.29, 0.717) is 11.3 Å². The van der Waals surface area contributed by atoms with Crippen LogP contribution < -0.4 is 4.74 Å². The number of rotatable bonds is 5. The number of allylic oxidation sites excluding steroid dienone is 1. The molecule has 1 N–H and O–H groups in total. The number of ether oxygens (including phenoxy) is 1. The summed E-state index contributed by atoms with van der Waals surface area (Å²) >= 11 is 0. The first-order valence-corrected chi connectivity index (χ1v) is 6.26. The van der Waals surface area contributed by atoms with E-state index in [9.17, 15) is 9.90 Å². The van der Waals surface area contributed by atoms with Crippen LogP contribution in [0.5, 0.6) is 11.5 Å². The number of ketones is 1. The summed E-state index contributed by atoms with van der Waals surface area (Å²) in [5.41, 5.74) is 1.26. The minimum atomic E-state index is -0.125. The zero-order chi connectivity index (χ0) is 14.5. The first-order chi connectivity index (χ1) is 9.63. The van der Waals surface area contributed by atoms with Crippen LogP contribution in [0.2, 0.25) is 0 Å². The van der Waals surface area contributed by atoms with Gasteiger partial charge in [0.25, 0.3) is 0 Å². The molecule has 0 unspecified atom stereocenters. The van der Waals surface area contributed by atoms with Crippen molar-refractivity contribution in [2.75, 3.05) is 7.11 Å². The Morgan fingerprint density at radius 2 is 2.30 bits per heavy atom. The van der Waals surface area contributed by atoms with Crippen molar-refractivity contribution < 1.29 is 14.6 Å². The second-order valence-corrected chi connectivity index (χ2v) is 4.21. The molecule has 2 rings (SSSR count).